The van der Waals surface area contributed by atoms with Crippen molar-refractivity contribution in [3.05, 3.63) is 71.8 Å². The van der Waals surface area contributed by atoms with Crippen molar-refractivity contribution in [2.45, 2.75) is 43.9 Å². The van der Waals surface area contributed by atoms with Crippen LogP contribution in [0.2, 0.25) is 0 Å². The molecule has 0 unspecified atom stereocenters. The molecule has 7 nitrogen and oxygen atoms in total. The molecule has 3 rings (SSSR count). The Morgan fingerprint density at radius 3 is 1.90 bits per heavy atom. The molecule has 1 fully saturated rings. The van der Waals surface area contributed by atoms with Crippen molar-refractivity contribution in [1.82, 2.24) is 0 Å². The van der Waals surface area contributed by atoms with Gasteiger partial charge in [-0.05, 0) is 11.1 Å². The van der Waals surface area contributed by atoms with Crippen molar-refractivity contribution >= 4 is 5.97 Å². The lowest BCUT2D eigenvalue weighted by molar-refractivity contribution is -0.307. The van der Waals surface area contributed by atoms with Crippen molar-refractivity contribution in [2.75, 3.05) is 14.2 Å². The van der Waals surface area contributed by atoms with Gasteiger partial charge in [-0.3, -0.25) is 0 Å². The molecule has 0 bridgehead atoms. The smallest absolute Gasteiger partial charge is 0.337 e. The molecule has 0 spiro atoms. The van der Waals surface area contributed by atoms with E-state index in [0.29, 0.717) is 0 Å². The summed E-state index contributed by atoms with van der Waals surface area (Å²) in [6.07, 6.45) is -5.03. The molecular weight excluding hydrogens is 376 g/mol. The van der Waals surface area contributed by atoms with Gasteiger partial charge in [0.05, 0.1) is 20.3 Å². The first-order chi connectivity index (χ1) is 14.1. The second-order valence-corrected chi connectivity index (χ2v) is 6.70. The molecule has 2 aromatic carbocycles. The molecule has 1 aliphatic heterocycles. The van der Waals surface area contributed by atoms with E-state index in [4.69, 9.17) is 23.7 Å². The number of hydrogen-bond donors (Lipinski definition) is 1. The maximum atomic E-state index is 12.1. The van der Waals surface area contributed by atoms with Gasteiger partial charge in [-0.15, -0.1) is 0 Å². The van der Waals surface area contributed by atoms with E-state index in [-0.39, 0.29) is 13.2 Å². The maximum absolute atomic E-state index is 12.1. The van der Waals surface area contributed by atoms with Crippen LogP contribution in [0.3, 0.4) is 0 Å². The Labute approximate surface area is 170 Å². The number of aliphatic hydroxyl groups is 1. The second kappa shape index (κ2) is 10.5. The Bertz CT molecular complexity index is 752. The number of methoxy groups -OCH3 is 2. The molecule has 1 heterocycles. The van der Waals surface area contributed by atoms with E-state index in [9.17, 15) is 9.90 Å². The molecule has 1 aliphatic rings. The average Bonchev–Trinajstić information content (AvgIpc) is 2.77. The summed E-state index contributed by atoms with van der Waals surface area (Å²) in [5, 5.41) is 10.8. The second-order valence-electron chi connectivity index (χ2n) is 6.70. The molecule has 29 heavy (non-hydrogen) atoms. The van der Waals surface area contributed by atoms with Gasteiger partial charge >= 0.3 is 5.97 Å². The zero-order chi connectivity index (χ0) is 20.6. The lowest BCUT2D eigenvalue weighted by Gasteiger charge is -2.42. The summed E-state index contributed by atoms with van der Waals surface area (Å²) in [6, 6.07) is 19.1. The van der Waals surface area contributed by atoms with Gasteiger partial charge in [-0.1, -0.05) is 60.7 Å². The van der Waals surface area contributed by atoms with E-state index in [2.05, 4.69) is 0 Å². The first-order valence-electron chi connectivity index (χ1n) is 9.39. The maximum Gasteiger partial charge on any atom is 0.337 e. The van der Waals surface area contributed by atoms with E-state index in [1.165, 1.54) is 14.2 Å². The molecule has 2 aromatic rings. The van der Waals surface area contributed by atoms with Crippen LogP contribution in [0.5, 0.6) is 0 Å². The van der Waals surface area contributed by atoms with Crippen molar-refractivity contribution in [1.29, 1.82) is 0 Å². The Balaban J connectivity index is 1.78. The van der Waals surface area contributed by atoms with E-state index >= 15 is 0 Å². The van der Waals surface area contributed by atoms with Crippen LogP contribution >= 0.6 is 0 Å². The third-order valence-corrected chi connectivity index (χ3v) is 4.76. The van der Waals surface area contributed by atoms with Gasteiger partial charge in [0.15, 0.2) is 12.4 Å². The van der Waals surface area contributed by atoms with E-state index in [0.717, 1.165) is 11.1 Å². The van der Waals surface area contributed by atoms with Gasteiger partial charge < -0.3 is 28.8 Å². The third-order valence-electron chi connectivity index (χ3n) is 4.76. The number of ether oxygens (including phenoxy) is 5. The van der Waals surface area contributed by atoms with Crippen molar-refractivity contribution in [3.8, 4) is 0 Å². The summed E-state index contributed by atoms with van der Waals surface area (Å²) in [7, 11) is 2.68. The Kier molecular flexibility index (Phi) is 7.74. The predicted octanol–water partition coefficient (Wildman–Crippen LogP) is 2.06. The van der Waals surface area contributed by atoms with Crippen LogP contribution in [0.15, 0.2) is 60.7 Å². The molecule has 156 valence electrons. The largest absolute Gasteiger partial charge is 0.467 e. The third kappa shape index (κ3) is 5.41. The molecule has 0 saturated carbocycles. The normalized spacial score (nSPS) is 26.8. The van der Waals surface area contributed by atoms with Crippen LogP contribution < -0.4 is 0 Å². The predicted molar refractivity (Wildman–Crippen MR) is 104 cm³/mol. The van der Waals surface area contributed by atoms with Gasteiger partial charge in [0, 0.05) is 7.11 Å². The van der Waals surface area contributed by atoms with Gasteiger partial charge in [-0.25, -0.2) is 4.79 Å². The van der Waals surface area contributed by atoms with Crippen LogP contribution in [-0.4, -0.2) is 56.0 Å². The summed E-state index contributed by atoms with van der Waals surface area (Å²) in [5.41, 5.74) is 1.88. The SMILES string of the molecule is COC(=O)[C@H]1O[C@@H](OC)[C@@H](OCc2ccccc2)[C@@H](OCc2ccccc2)[C@@H]1O. The highest BCUT2D eigenvalue weighted by Crippen LogP contribution is 2.28. The van der Waals surface area contributed by atoms with Gasteiger partial charge in [0.25, 0.3) is 0 Å². The lowest BCUT2D eigenvalue weighted by atomic mass is 9.98. The van der Waals surface area contributed by atoms with Crippen LogP contribution in [0.4, 0.5) is 0 Å². The molecule has 7 heteroatoms. The van der Waals surface area contributed by atoms with Crippen LogP contribution in [0, 0.1) is 0 Å². The van der Waals surface area contributed by atoms with Crippen molar-refractivity contribution in [3.63, 3.8) is 0 Å². The summed E-state index contributed by atoms with van der Waals surface area (Å²) in [5.74, 6) is -0.700. The number of hydrogen-bond acceptors (Lipinski definition) is 7. The van der Waals surface area contributed by atoms with Gasteiger partial charge in [0.2, 0.25) is 0 Å². The molecule has 0 amide bonds. The highest BCUT2D eigenvalue weighted by atomic mass is 16.7. The van der Waals surface area contributed by atoms with Crippen molar-refractivity contribution in [2.24, 2.45) is 0 Å². The summed E-state index contributed by atoms with van der Waals surface area (Å²) >= 11 is 0. The summed E-state index contributed by atoms with van der Waals surface area (Å²) < 4.78 is 27.8. The van der Waals surface area contributed by atoms with Crippen LogP contribution in [-0.2, 0) is 41.7 Å². The fourth-order valence-electron chi connectivity index (χ4n) is 3.22. The first kappa shape index (κ1) is 21.4. The van der Waals surface area contributed by atoms with E-state index < -0.39 is 36.7 Å². The van der Waals surface area contributed by atoms with Gasteiger partial charge in [-0.2, -0.15) is 0 Å². The van der Waals surface area contributed by atoms with Crippen LogP contribution in [0.1, 0.15) is 11.1 Å². The highest BCUT2D eigenvalue weighted by molar-refractivity contribution is 5.75. The summed E-state index contributed by atoms with van der Waals surface area (Å²) in [4.78, 5) is 12.1. The minimum absolute atomic E-state index is 0.234. The number of esters is 1. The Morgan fingerprint density at radius 1 is 0.897 bits per heavy atom. The quantitative estimate of drug-likeness (QED) is 0.677. The molecule has 1 N–H and O–H groups in total. The molecule has 0 aliphatic carbocycles. The Morgan fingerprint density at radius 2 is 1.41 bits per heavy atom. The number of carbonyl (C=O) groups is 1. The highest BCUT2D eigenvalue weighted by Gasteiger charge is 2.50. The monoisotopic (exact) mass is 402 g/mol. The van der Waals surface area contributed by atoms with E-state index in [1.54, 1.807) is 0 Å². The fourth-order valence-corrected chi connectivity index (χ4v) is 3.22. The standard InChI is InChI=1S/C22H26O7/c1-25-21(24)19-17(23)18(27-13-15-9-5-3-6-10-15)20(22(26-2)29-19)28-14-16-11-7-4-8-12-16/h3-12,17-20,22-23H,13-14H2,1-2H3/t17-,18-,19-,20-,22+/m0/s1. The average molecular weight is 402 g/mol. The van der Waals surface area contributed by atoms with E-state index in [1.807, 2.05) is 60.7 Å². The molecule has 0 aromatic heterocycles. The van der Waals surface area contributed by atoms with Crippen molar-refractivity contribution < 1.29 is 33.6 Å². The Hall–Kier alpha value is -2.29. The fraction of sp³-hybridized carbons (Fsp3) is 0.409. The van der Waals surface area contributed by atoms with Crippen LogP contribution in [0.25, 0.3) is 0 Å². The zero-order valence-electron chi connectivity index (χ0n) is 16.5. The topological polar surface area (TPSA) is 83.5 Å². The number of carbonyl (C=O) groups excluding carboxylic acids is 1. The lowest BCUT2D eigenvalue weighted by Crippen LogP contribution is -2.61. The molecule has 1 saturated heterocycles. The molecular formula is C22H26O7. The summed E-state index contributed by atoms with van der Waals surface area (Å²) in [6.45, 7) is 0.508. The molecule has 5 atom stereocenters. The minimum Gasteiger partial charge on any atom is -0.467 e. The first-order valence-corrected chi connectivity index (χ1v) is 9.39. The molecule has 0 radical (unpaired) electrons. The number of benzene rings is 2. The number of aliphatic hydroxyl groups excluding tert-OH is 1. The zero-order valence-corrected chi connectivity index (χ0v) is 16.5. The number of rotatable bonds is 8. The van der Waals surface area contributed by atoms with Gasteiger partial charge in [0.1, 0.15) is 18.3 Å². The minimum atomic E-state index is -1.28.